The fraction of sp³-hybridized carbons (Fsp3) is 0.462. The molecule has 0 bridgehead atoms. The van der Waals surface area contributed by atoms with Crippen LogP contribution in [0.2, 0.25) is 0 Å². The van der Waals surface area contributed by atoms with Gasteiger partial charge in [-0.25, -0.2) is 0 Å². The van der Waals surface area contributed by atoms with E-state index in [2.05, 4.69) is 5.32 Å². The second-order valence-electron chi connectivity index (χ2n) is 4.36. The highest BCUT2D eigenvalue weighted by molar-refractivity contribution is 5.80. The summed E-state index contributed by atoms with van der Waals surface area (Å²) in [5, 5.41) is 3.11. The minimum Gasteiger partial charge on any atom is -0.496 e. The van der Waals surface area contributed by atoms with E-state index >= 15 is 0 Å². The molecule has 4 nitrogen and oxygen atoms in total. The third-order valence-corrected chi connectivity index (χ3v) is 3.11. The van der Waals surface area contributed by atoms with Gasteiger partial charge in [-0.1, -0.05) is 18.2 Å². The van der Waals surface area contributed by atoms with E-state index in [9.17, 15) is 4.79 Å². The third kappa shape index (κ3) is 2.58. The van der Waals surface area contributed by atoms with Crippen molar-refractivity contribution in [2.45, 2.75) is 6.54 Å². The number of ether oxygens (including phenoxy) is 1. The fourth-order valence-electron chi connectivity index (χ4n) is 1.94. The average molecular weight is 234 g/mol. The second kappa shape index (κ2) is 5.19. The fourth-order valence-corrected chi connectivity index (χ4v) is 1.94. The van der Waals surface area contributed by atoms with Crippen LogP contribution in [0.15, 0.2) is 24.3 Å². The molecule has 17 heavy (non-hydrogen) atoms. The van der Waals surface area contributed by atoms with E-state index < -0.39 is 0 Å². The van der Waals surface area contributed by atoms with Crippen LogP contribution in [0, 0.1) is 5.92 Å². The number of carbonyl (C=O) groups is 1. The highest BCUT2D eigenvalue weighted by Gasteiger charge is 2.27. The summed E-state index contributed by atoms with van der Waals surface area (Å²) in [7, 11) is 3.49. The summed E-state index contributed by atoms with van der Waals surface area (Å²) >= 11 is 0. The summed E-state index contributed by atoms with van der Waals surface area (Å²) in [4.78, 5) is 13.7. The average Bonchev–Trinajstić information content (AvgIpc) is 2.27. The van der Waals surface area contributed by atoms with E-state index in [0.717, 1.165) is 24.4 Å². The molecule has 1 aromatic rings. The summed E-state index contributed by atoms with van der Waals surface area (Å²) in [6.45, 7) is 2.20. The first-order valence-corrected chi connectivity index (χ1v) is 5.80. The molecule has 1 aliphatic rings. The van der Waals surface area contributed by atoms with Gasteiger partial charge in [0, 0.05) is 32.2 Å². The van der Waals surface area contributed by atoms with Crippen LogP contribution in [-0.2, 0) is 11.3 Å². The number of hydrogen-bond donors (Lipinski definition) is 1. The Kier molecular flexibility index (Phi) is 3.64. The predicted octanol–water partition coefficient (Wildman–Crippen LogP) is 0.873. The molecular formula is C13H18N2O2. The van der Waals surface area contributed by atoms with Gasteiger partial charge in [0.15, 0.2) is 0 Å². The van der Waals surface area contributed by atoms with E-state index in [1.807, 2.05) is 31.3 Å². The van der Waals surface area contributed by atoms with Crippen LogP contribution in [0.4, 0.5) is 0 Å². The largest absolute Gasteiger partial charge is 0.496 e. The molecule has 1 saturated heterocycles. The third-order valence-electron chi connectivity index (χ3n) is 3.11. The minimum atomic E-state index is 0.148. The summed E-state index contributed by atoms with van der Waals surface area (Å²) in [5.74, 6) is 1.18. The molecule has 1 fully saturated rings. The van der Waals surface area contributed by atoms with Crippen molar-refractivity contribution >= 4 is 5.91 Å². The standard InChI is InChI=1S/C13H18N2O2/c1-15(13(16)11-7-14-8-11)9-10-5-3-4-6-12(10)17-2/h3-6,11,14H,7-9H2,1-2H3. The van der Waals surface area contributed by atoms with Crippen LogP contribution in [0.25, 0.3) is 0 Å². The van der Waals surface area contributed by atoms with Gasteiger partial charge in [0.1, 0.15) is 5.75 Å². The number of hydrogen-bond acceptors (Lipinski definition) is 3. The van der Waals surface area contributed by atoms with Gasteiger partial charge in [-0.15, -0.1) is 0 Å². The number of carbonyl (C=O) groups excluding carboxylic acids is 1. The lowest BCUT2D eigenvalue weighted by molar-refractivity contribution is -0.136. The molecule has 0 radical (unpaired) electrons. The van der Waals surface area contributed by atoms with E-state index in [1.165, 1.54) is 0 Å². The molecular weight excluding hydrogens is 216 g/mol. The normalized spacial score (nSPS) is 15.2. The number of nitrogens with one attached hydrogen (secondary N) is 1. The summed E-state index contributed by atoms with van der Waals surface area (Å²) in [6, 6.07) is 7.79. The zero-order chi connectivity index (χ0) is 12.3. The van der Waals surface area contributed by atoms with Gasteiger partial charge in [-0.2, -0.15) is 0 Å². The van der Waals surface area contributed by atoms with Gasteiger partial charge >= 0.3 is 0 Å². The number of rotatable bonds is 4. The molecule has 0 aromatic heterocycles. The molecule has 0 saturated carbocycles. The summed E-state index contributed by atoms with van der Waals surface area (Å²) < 4.78 is 5.28. The number of methoxy groups -OCH3 is 1. The van der Waals surface area contributed by atoms with Crippen LogP contribution in [-0.4, -0.2) is 38.1 Å². The molecule has 1 aliphatic heterocycles. The van der Waals surface area contributed by atoms with Crippen molar-refractivity contribution in [3.63, 3.8) is 0 Å². The lowest BCUT2D eigenvalue weighted by Crippen LogP contribution is -2.50. The number of para-hydroxylation sites is 1. The molecule has 1 aromatic carbocycles. The number of benzene rings is 1. The molecule has 2 rings (SSSR count). The van der Waals surface area contributed by atoms with Crippen LogP contribution < -0.4 is 10.1 Å². The Morgan fingerprint density at radius 2 is 2.18 bits per heavy atom. The topological polar surface area (TPSA) is 41.6 Å². The molecule has 1 N–H and O–H groups in total. The Morgan fingerprint density at radius 3 is 2.76 bits per heavy atom. The Balaban J connectivity index is 2.01. The van der Waals surface area contributed by atoms with Gasteiger partial charge in [0.25, 0.3) is 0 Å². The van der Waals surface area contributed by atoms with Gasteiger partial charge in [0.2, 0.25) is 5.91 Å². The molecule has 0 aliphatic carbocycles. The first-order valence-electron chi connectivity index (χ1n) is 5.80. The monoisotopic (exact) mass is 234 g/mol. The predicted molar refractivity (Wildman–Crippen MR) is 65.8 cm³/mol. The maximum absolute atomic E-state index is 12.0. The SMILES string of the molecule is COc1ccccc1CN(C)C(=O)C1CNC1. The van der Waals surface area contributed by atoms with Crippen molar-refractivity contribution in [2.24, 2.45) is 5.92 Å². The van der Waals surface area contributed by atoms with E-state index in [-0.39, 0.29) is 11.8 Å². The van der Waals surface area contributed by atoms with E-state index in [1.54, 1.807) is 12.0 Å². The van der Waals surface area contributed by atoms with Crippen molar-refractivity contribution < 1.29 is 9.53 Å². The highest BCUT2D eigenvalue weighted by Crippen LogP contribution is 2.19. The Hall–Kier alpha value is -1.55. The van der Waals surface area contributed by atoms with Crippen LogP contribution in [0.1, 0.15) is 5.56 Å². The Morgan fingerprint density at radius 1 is 1.47 bits per heavy atom. The molecule has 0 spiro atoms. The summed E-state index contributed by atoms with van der Waals surface area (Å²) in [5.41, 5.74) is 1.04. The van der Waals surface area contributed by atoms with Gasteiger partial charge < -0.3 is 15.0 Å². The lowest BCUT2D eigenvalue weighted by Gasteiger charge is -2.30. The molecule has 0 unspecified atom stereocenters. The van der Waals surface area contributed by atoms with Gasteiger partial charge in [-0.3, -0.25) is 4.79 Å². The number of amides is 1. The number of nitrogens with zero attached hydrogens (tertiary/aromatic N) is 1. The first-order chi connectivity index (χ1) is 8.22. The van der Waals surface area contributed by atoms with Crippen LogP contribution >= 0.6 is 0 Å². The van der Waals surface area contributed by atoms with Crippen molar-refractivity contribution in [3.8, 4) is 5.75 Å². The molecule has 92 valence electrons. The van der Waals surface area contributed by atoms with Crippen LogP contribution in [0.5, 0.6) is 5.75 Å². The highest BCUT2D eigenvalue weighted by atomic mass is 16.5. The van der Waals surface area contributed by atoms with Crippen molar-refractivity contribution in [1.82, 2.24) is 10.2 Å². The van der Waals surface area contributed by atoms with Crippen molar-refractivity contribution in [2.75, 3.05) is 27.2 Å². The Labute approximate surface area is 102 Å². The molecule has 1 amide bonds. The lowest BCUT2D eigenvalue weighted by atomic mass is 10.0. The van der Waals surface area contributed by atoms with Crippen molar-refractivity contribution in [1.29, 1.82) is 0 Å². The molecule has 0 atom stereocenters. The zero-order valence-electron chi connectivity index (χ0n) is 10.3. The zero-order valence-corrected chi connectivity index (χ0v) is 10.3. The molecule has 1 heterocycles. The second-order valence-corrected chi connectivity index (χ2v) is 4.36. The molecule has 4 heteroatoms. The van der Waals surface area contributed by atoms with Gasteiger partial charge in [0.05, 0.1) is 13.0 Å². The maximum Gasteiger partial charge on any atom is 0.228 e. The van der Waals surface area contributed by atoms with E-state index in [4.69, 9.17) is 4.74 Å². The Bertz CT molecular complexity index is 402. The minimum absolute atomic E-state index is 0.148. The quantitative estimate of drug-likeness (QED) is 0.840. The van der Waals surface area contributed by atoms with Crippen LogP contribution in [0.3, 0.4) is 0 Å². The van der Waals surface area contributed by atoms with E-state index in [0.29, 0.717) is 6.54 Å². The first kappa shape index (κ1) is 11.9. The van der Waals surface area contributed by atoms with Gasteiger partial charge in [-0.05, 0) is 6.07 Å². The maximum atomic E-state index is 12.0. The smallest absolute Gasteiger partial charge is 0.228 e. The van der Waals surface area contributed by atoms with Crippen molar-refractivity contribution in [3.05, 3.63) is 29.8 Å². The summed E-state index contributed by atoms with van der Waals surface area (Å²) in [6.07, 6.45) is 0.